The number of carboxylic acids is 1. The molecule has 0 unspecified atom stereocenters. The average molecular weight is 295 g/mol. The average Bonchev–Trinajstić information content (AvgIpc) is 2.29. The molecule has 0 aliphatic rings. The van der Waals surface area contributed by atoms with E-state index in [4.69, 9.17) is 22.4 Å². The Balaban J connectivity index is 2.64. The molecule has 1 aromatic carbocycles. The minimum absolute atomic E-state index is 0.00407. The Hall–Kier alpha value is -1.60. The second-order valence-electron chi connectivity index (χ2n) is 3.62. The lowest BCUT2D eigenvalue weighted by molar-refractivity contribution is 0.0215. The van der Waals surface area contributed by atoms with E-state index in [1.165, 1.54) is 12.1 Å². The third-order valence-electron chi connectivity index (χ3n) is 2.13. The molecule has 0 saturated heterocycles. The number of benzene rings is 1. The van der Waals surface area contributed by atoms with Gasteiger partial charge in [0.1, 0.15) is 6.61 Å². The predicted molar refractivity (Wildman–Crippen MR) is 68.1 cm³/mol. The van der Waals surface area contributed by atoms with Crippen molar-refractivity contribution < 1.29 is 23.4 Å². The quantitative estimate of drug-likeness (QED) is 0.531. The van der Waals surface area contributed by atoms with E-state index in [0.717, 1.165) is 0 Å². The SMILES string of the molecule is Nc1cc(Cl)c(NCCOCC(F)F)c(C(=O)O)c1. The van der Waals surface area contributed by atoms with Gasteiger partial charge in [0.05, 0.1) is 22.9 Å². The Bertz CT molecular complexity index is 458. The molecular formula is C11H13ClF2N2O3. The summed E-state index contributed by atoms with van der Waals surface area (Å²) in [6.45, 7) is -0.510. The van der Waals surface area contributed by atoms with E-state index < -0.39 is 19.0 Å². The molecule has 0 radical (unpaired) electrons. The summed E-state index contributed by atoms with van der Waals surface area (Å²) in [6.07, 6.45) is -2.53. The summed E-state index contributed by atoms with van der Waals surface area (Å²) < 4.78 is 28.3. The monoisotopic (exact) mass is 294 g/mol. The molecule has 0 saturated carbocycles. The zero-order valence-electron chi connectivity index (χ0n) is 9.83. The van der Waals surface area contributed by atoms with Gasteiger partial charge in [0.25, 0.3) is 6.43 Å². The molecule has 4 N–H and O–H groups in total. The normalized spacial score (nSPS) is 10.7. The van der Waals surface area contributed by atoms with Crippen LogP contribution in [-0.4, -0.2) is 37.3 Å². The largest absolute Gasteiger partial charge is 0.478 e. The number of ether oxygens (including phenoxy) is 1. The van der Waals surface area contributed by atoms with Gasteiger partial charge in [-0.15, -0.1) is 0 Å². The van der Waals surface area contributed by atoms with Crippen LogP contribution in [0.2, 0.25) is 5.02 Å². The second kappa shape index (κ2) is 7.10. The lowest BCUT2D eigenvalue weighted by Crippen LogP contribution is -2.15. The Morgan fingerprint density at radius 2 is 2.21 bits per heavy atom. The number of alkyl halides is 2. The van der Waals surface area contributed by atoms with Gasteiger partial charge in [0, 0.05) is 12.2 Å². The van der Waals surface area contributed by atoms with Crippen LogP contribution in [0.15, 0.2) is 12.1 Å². The summed E-state index contributed by atoms with van der Waals surface area (Å²) in [5.74, 6) is -1.19. The maximum atomic E-state index is 11.8. The topological polar surface area (TPSA) is 84.6 Å². The summed E-state index contributed by atoms with van der Waals surface area (Å²) in [5.41, 5.74) is 5.82. The molecular weight excluding hydrogens is 282 g/mol. The van der Waals surface area contributed by atoms with Crippen LogP contribution in [0.5, 0.6) is 0 Å². The molecule has 0 amide bonds. The zero-order chi connectivity index (χ0) is 14.4. The number of aromatic carboxylic acids is 1. The first-order chi connectivity index (χ1) is 8.91. The van der Waals surface area contributed by atoms with Crippen molar-refractivity contribution in [3.63, 3.8) is 0 Å². The van der Waals surface area contributed by atoms with Crippen LogP contribution in [-0.2, 0) is 4.74 Å². The number of hydrogen-bond donors (Lipinski definition) is 3. The number of rotatable bonds is 7. The number of anilines is 2. The van der Waals surface area contributed by atoms with Gasteiger partial charge in [0.2, 0.25) is 0 Å². The molecule has 8 heteroatoms. The third kappa shape index (κ3) is 4.88. The number of nitrogen functional groups attached to an aromatic ring is 1. The number of carbonyl (C=O) groups is 1. The fourth-order valence-electron chi connectivity index (χ4n) is 1.40. The Morgan fingerprint density at radius 3 is 2.79 bits per heavy atom. The number of hydrogen-bond acceptors (Lipinski definition) is 4. The van der Waals surface area contributed by atoms with Gasteiger partial charge in [-0.2, -0.15) is 0 Å². The molecule has 0 aliphatic heterocycles. The lowest BCUT2D eigenvalue weighted by atomic mass is 10.1. The second-order valence-corrected chi connectivity index (χ2v) is 4.03. The van der Waals surface area contributed by atoms with Crippen molar-refractivity contribution >= 4 is 28.9 Å². The summed E-state index contributed by atoms with van der Waals surface area (Å²) >= 11 is 5.88. The van der Waals surface area contributed by atoms with Crippen molar-refractivity contribution in [3.8, 4) is 0 Å². The lowest BCUT2D eigenvalue weighted by Gasteiger charge is -2.12. The van der Waals surface area contributed by atoms with Gasteiger partial charge >= 0.3 is 5.97 Å². The van der Waals surface area contributed by atoms with Crippen molar-refractivity contribution in [2.45, 2.75) is 6.43 Å². The molecule has 0 spiro atoms. The smallest absolute Gasteiger partial charge is 0.337 e. The molecule has 19 heavy (non-hydrogen) atoms. The van der Waals surface area contributed by atoms with Gasteiger partial charge in [-0.25, -0.2) is 13.6 Å². The van der Waals surface area contributed by atoms with Crippen LogP contribution < -0.4 is 11.1 Å². The molecule has 1 aromatic rings. The summed E-state index contributed by atoms with van der Waals surface area (Å²) in [5, 5.41) is 11.9. The Kier molecular flexibility index (Phi) is 5.78. The first kappa shape index (κ1) is 15.5. The van der Waals surface area contributed by atoms with E-state index in [1.807, 2.05) is 0 Å². The van der Waals surface area contributed by atoms with Gasteiger partial charge < -0.3 is 20.9 Å². The minimum atomic E-state index is -2.53. The molecule has 106 valence electrons. The van der Waals surface area contributed by atoms with E-state index in [1.54, 1.807) is 0 Å². The molecule has 0 fully saturated rings. The van der Waals surface area contributed by atoms with Gasteiger partial charge in [-0.05, 0) is 12.1 Å². The molecule has 1 rings (SSSR count). The van der Waals surface area contributed by atoms with Crippen LogP contribution in [0.4, 0.5) is 20.2 Å². The van der Waals surface area contributed by atoms with E-state index in [0.29, 0.717) is 0 Å². The predicted octanol–water partition coefficient (Wildman–Crippen LogP) is 2.31. The zero-order valence-corrected chi connectivity index (χ0v) is 10.6. The Morgan fingerprint density at radius 1 is 1.53 bits per heavy atom. The highest BCUT2D eigenvalue weighted by Crippen LogP contribution is 2.29. The fourth-order valence-corrected chi connectivity index (χ4v) is 1.69. The van der Waals surface area contributed by atoms with Crippen molar-refractivity contribution in [3.05, 3.63) is 22.7 Å². The highest BCUT2D eigenvalue weighted by molar-refractivity contribution is 6.34. The van der Waals surface area contributed by atoms with Crippen molar-refractivity contribution in [1.82, 2.24) is 0 Å². The minimum Gasteiger partial charge on any atom is -0.478 e. The van der Waals surface area contributed by atoms with E-state index in [9.17, 15) is 13.6 Å². The molecule has 0 heterocycles. The standard InChI is InChI=1S/C11H13ClF2N2O3/c12-8-4-6(15)3-7(11(17)18)10(8)16-1-2-19-5-9(13)14/h3-4,9,16H,1-2,5,15H2,(H,17,18). The third-order valence-corrected chi connectivity index (χ3v) is 2.43. The fraction of sp³-hybridized carbons (Fsp3) is 0.364. The maximum absolute atomic E-state index is 11.8. The van der Waals surface area contributed by atoms with Crippen molar-refractivity contribution in [2.24, 2.45) is 0 Å². The van der Waals surface area contributed by atoms with Gasteiger partial charge in [0.15, 0.2) is 0 Å². The van der Waals surface area contributed by atoms with Gasteiger partial charge in [-0.1, -0.05) is 11.6 Å². The van der Waals surface area contributed by atoms with Crippen LogP contribution in [0.3, 0.4) is 0 Å². The molecule has 0 bridgehead atoms. The molecule has 0 atom stereocenters. The molecule has 0 aromatic heterocycles. The van der Waals surface area contributed by atoms with Crippen LogP contribution in [0.1, 0.15) is 10.4 Å². The van der Waals surface area contributed by atoms with E-state index >= 15 is 0 Å². The summed E-state index contributed by atoms with van der Waals surface area (Å²) in [6, 6.07) is 2.66. The maximum Gasteiger partial charge on any atom is 0.337 e. The first-order valence-electron chi connectivity index (χ1n) is 5.34. The van der Waals surface area contributed by atoms with E-state index in [-0.39, 0.29) is 35.1 Å². The first-order valence-corrected chi connectivity index (χ1v) is 5.71. The molecule has 0 aliphatic carbocycles. The molecule has 5 nitrogen and oxygen atoms in total. The van der Waals surface area contributed by atoms with Crippen LogP contribution in [0.25, 0.3) is 0 Å². The van der Waals surface area contributed by atoms with Crippen LogP contribution in [0, 0.1) is 0 Å². The van der Waals surface area contributed by atoms with Crippen LogP contribution >= 0.6 is 11.6 Å². The summed E-state index contributed by atoms with van der Waals surface area (Å²) in [4.78, 5) is 11.0. The highest BCUT2D eigenvalue weighted by Gasteiger charge is 2.14. The van der Waals surface area contributed by atoms with Crippen molar-refractivity contribution in [1.29, 1.82) is 0 Å². The summed E-state index contributed by atoms with van der Waals surface area (Å²) in [7, 11) is 0. The van der Waals surface area contributed by atoms with E-state index in [2.05, 4.69) is 10.1 Å². The Labute approximate surface area is 113 Å². The number of halogens is 3. The van der Waals surface area contributed by atoms with Gasteiger partial charge in [-0.3, -0.25) is 0 Å². The number of nitrogens with two attached hydrogens (primary N) is 1. The number of nitrogens with one attached hydrogen (secondary N) is 1. The van der Waals surface area contributed by atoms with Crippen molar-refractivity contribution in [2.75, 3.05) is 30.8 Å². The number of carboxylic acid groups (broad SMARTS) is 1. The highest BCUT2D eigenvalue weighted by atomic mass is 35.5.